The molecule has 2 heterocycles. The van der Waals surface area contributed by atoms with Crippen LogP contribution in [0.1, 0.15) is 46.1 Å². The largest absolute Gasteiger partial charge is 0.357 e. The van der Waals surface area contributed by atoms with Crippen LogP contribution in [-0.4, -0.2) is 24.1 Å². The Bertz CT molecular complexity index is 409. The Hall–Kier alpha value is -1.09. The molecule has 1 atom stereocenters. The Labute approximate surface area is 123 Å². The molecule has 1 fully saturated rings. The smallest absolute Gasteiger partial charge is 0.128 e. The second-order valence-corrected chi connectivity index (χ2v) is 7.33. The molecule has 1 aromatic heterocycles. The van der Waals surface area contributed by atoms with Gasteiger partial charge in [0.15, 0.2) is 0 Å². The summed E-state index contributed by atoms with van der Waals surface area (Å²) in [4.78, 5) is 7.03. The lowest BCUT2D eigenvalue weighted by molar-refractivity contribution is 0.198. The standard InChI is InChI=1S/C17H29N3/c1-13(18)11-14-5-6-16(19-12-14)20-9-7-15(8-10-20)17(2,3)4/h5-6,12-13,15H,7-11,18H2,1-4H3. The molecule has 2 N–H and O–H groups in total. The SMILES string of the molecule is CC(N)Cc1ccc(N2CCC(C(C)(C)C)CC2)nc1. The van der Waals surface area contributed by atoms with Crippen molar-refractivity contribution in [3.05, 3.63) is 23.9 Å². The third-order valence-corrected chi connectivity index (χ3v) is 4.41. The Balaban J connectivity index is 1.94. The quantitative estimate of drug-likeness (QED) is 0.921. The highest BCUT2D eigenvalue weighted by atomic mass is 15.2. The number of hydrogen-bond donors (Lipinski definition) is 1. The summed E-state index contributed by atoms with van der Waals surface area (Å²) in [6.07, 6.45) is 5.42. The summed E-state index contributed by atoms with van der Waals surface area (Å²) in [6.45, 7) is 11.4. The molecule has 2 rings (SSSR count). The van der Waals surface area contributed by atoms with Crippen molar-refractivity contribution in [1.82, 2.24) is 4.98 Å². The van der Waals surface area contributed by atoms with Crippen molar-refractivity contribution >= 4 is 5.82 Å². The highest BCUT2D eigenvalue weighted by molar-refractivity contribution is 5.39. The molecule has 3 nitrogen and oxygen atoms in total. The molecule has 112 valence electrons. The van der Waals surface area contributed by atoms with Crippen molar-refractivity contribution in [3.8, 4) is 0 Å². The lowest BCUT2D eigenvalue weighted by atomic mass is 9.75. The summed E-state index contributed by atoms with van der Waals surface area (Å²) < 4.78 is 0. The van der Waals surface area contributed by atoms with Crippen LogP contribution >= 0.6 is 0 Å². The molecule has 1 unspecified atom stereocenters. The second-order valence-electron chi connectivity index (χ2n) is 7.33. The summed E-state index contributed by atoms with van der Waals surface area (Å²) in [5.41, 5.74) is 7.48. The molecular weight excluding hydrogens is 246 g/mol. The number of nitrogens with zero attached hydrogens (tertiary/aromatic N) is 2. The summed E-state index contributed by atoms with van der Waals surface area (Å²) in [5, 5.41) is 0. The van der Waals surface area contributed by atoms with E-state index in [4.69, 9.17) is 5.73 Å². The highest BCUT2D eigenvalue weighted by Crippen LogP contribution is 2.35. The molecule has 1 aromatic rings. The van der Waals surface area contributed by atoms with Crippen LogP contribution in [0.4, 0.5) is 5.82 Å². The predicted octanol–water partition coefficient (Wildman–Crippen LogP) is 3.23. The fraction of sp³-hybridized carbons (Fsp3) is 0.706. The van der Waals surface area contributed by atoms with Gasteiger partial charge in [0, 0.05) is 25.3 Å². The monoisotopic (exact) mass is 275 g/mol. The van der Waals surface area contributed by atoms with E-state index in [9.17, 15) is 0 Å². The fourth-order valence-corrected chi connectivity index (χ4v) is 3.07. The fourth-order valence-electron chi connectivity index (χ4n) is 3.07. The van der Waals surface area contributed by atoms with E-state index in [1.807, 2.05) is 13.1 Å². The van der Waals surface area contributed by atoms with Crippen LogP contribution in [0.2, 0.25) is 0 Å². The van der Waals surface area contributed by atoms with Gasteiger partial charge in [0.1, 0.15) is 5.82 Å². The molecule has 0 saturated carbocycles. The van der Waals surface area contributed by atoms with Crippen LogP contribution in [0.3, 0.4) is 0 Å². The van der Waals surface area contributed by atoms with Crippen LogP contribution < -0.4 is 10.6 Å². The minimum Gasteiger partial charge on any atom is -0.357 e. The number of pyridine rings is 1. The molecule has 0 radical (unpaired) electrons. The normalized spacial score (nSPS) is 19.1. The molecule has 3 heteroatoms. The number of hydrogen-bond acceptors (Lipinski definition) is 3. The highest BCUT2D eigenvalue weighted by Gasteiger charge is 2.29. The van der Waals surface area contributed by atoms with Gasteiger partial charge in [-0.2, -0.15) is 0 Å². The molecule has 0 spiro atoms. The summed E-state index contributed by atoms with van der Waals surface area (Å²) in [5.74, 6) is 1.95. The lowest BCUT2D eigenvalue weighted by Gasteiger charge is -2.39. The molecule has 0 amide bonds. The van der Waals surface area contributed by atoms with E-state index < -0.39 is 0 Å². The summed E-state index contributed by atoms with van der Waals surface area (Å²) in [6, 6.07) is 4.52. The molecule has 1 saturated heterocycles. The maximum absolute atomic E-state index is 5.82. The van der Waals surface area contributed by atoms with Gasteiger partial charge in [-0.25, -0.2) is 4.98 Å². The van der Waals surface area contributed by atoms with Gasteiger partial charge < -0.3 is 10.6 Å². The van der Waals surface area contributed by atoms with E-state index >= 15 is 0 Å². The van der Waals surface area contributed by atoms with Crippen molar-refractivity contribution < 1.29 is 0 Å². The molecule has 0 aromatic carbocycles. The minimum atomic E-state index is 0.199. The zero-order chi connectivity index (χ0) is 14.8. The number of rotatable bonds is 3. The van der Waals surface area contributed by atoms with E-state index in [1.54, 1.807) is 0 Å². The third-order valence-electron chi connectivity index (χ3n) is 4.41. The predicted molar refractivity (Wildman–Crippen MR) is 86.0 cm³/mol. The van der Waals surface area contributed by atoms with Crippen molar-refractivity contribution in [3.63, 3.8) is 0 Å². The van der Waals surface area contributed by atoms with Gasteiger partial charge in [0.25, 0.3) is 0 Å². The van der Waals surface area contributed by atoms with E-state index in [0.717, 1.165) is 31.2 Å². The average Bonchev–Trinajstić information content (AvgIpc) is 2.38. The van der Waals surface area contributed by atoms with Crippen molar-refractivity contribution in [2.75, 3.05) is 18.0 Å². The first-order valence-corrected chi connectivity index (χ1v) is 7.81. The average molecular weight is 275 g/mol. The van der Waals surface area contributed by atoms with Crippen LogP contribution in [-0.2, 0) is 6.42 Å². The van der Waals surface area contributed by atoms with E-state index in [2.05, 4.69) is 42.8 Å². The number of anilines is 1. The number of piperidine rings is 1. The minimum absolute atomic E-state index is 0.199. The molecule has 0 bridgehead atoms. The van der Waals surface area contributed by atoms with Crippen molar-refractivity contribution in [2.45, 2.75) is 53.0 Å². The van der Waals surface area contributed by atoms with Crippen LogP contribution in [0.25, 0.3) is 0 Å². The molecule has 20 heavy (non-hydrogen) atoms. The van der Waals surface area contributed by atoms with Gasteiger partial charge in [-0.1, -0.05) is 26.8 Å². The summed E-state index contributed by atoms with van der Waals surface area (Å²) >= 11 is 0. The van der Waals surface area contributed by atoms with E-state index in [-0.39, 0.29) is 6.04 Å². The van der Waals surface area contributed by atoms with Crippen LogP contribution in [0, 0.1) is 11.3 Å². The van der Waals surface area contributed by atoms with E-state index in [1.165, 1.54) is 18.4 Å². The Morgan fingerprint density at radius 1 is 1.30 bits per heavy atom. The first-order chi connectivity index (χ1) is 9.36. The first-order valence-electron chi connectivity index (χ1n) is 7.81. The van der Waals surface area contributed by atoms with Gasteiger partial charge in [-0.05, 0) is 49.1 Å². The van der Waals surface area contributed by atoms with Gasteiger partial charge in [0.2, 0.25) is 0 Å². The molecule has 0 aliphatic carbocycles. The van der Waals surface area contributed by atoms with E-state index in [0.29, 0.717) is 5.41 Å². The van der Waals surface area contributed by atoms with Gasteiger partial charge in [-0.15, -0.1) is 0 Å². The lowest BCUT2D eigenvalue weighted by Crippen LogP contribution is -2.38. The van der Waals surface area contributed by atoms with Gasteiger partial charge in [-0.3, -0.25) is 0 Å². The van der Waals surface area contributed by atoms with Gasteiger partial charge in [0.05, 0.1) is 0 Å². The summed E-state index contributed by atoms with van der Waals surface area (Å²) in [7, 11) is 0. The van der Waals surface area contributed by atoms with Crippen LogP contribution in [0.15, 0.2) is 18.3 Å². The third kappa shape index (κ3) is 3.95. The second kappa shape index (κ2) is 6.13. The molecule has 1 aliphatic rings. The molecular formula is C17H29N3. The Morgan fingerprint density at radius 2 is 1.95 bits per heavy atom. The maximum Gasteiger partial charge on any atom is 0.128 e. The number of aromatic nitrogens is 1. The van der Waals surface area contributed by atoms with Crippen LogP contribution in [0.5, 0.6) is 0 Å². The topological polar surface area (TPSA) is 42.1 Å². The van der Waals surface area contributed by atoms with Gasteiger partial charge >= 0.3 is 0 Å². The zero-order valence-corrected chi connectivity index (χ0v) is 13.4. The Kier molecular flexibility index (Phi) is 4.69. The Morgan fingerprint density at radius 3 is 2.40 bits per heavy atom. The number of nitrogens with two attached hydrogens (primary N) is 1. The first kappa shape index (κ1) is 15.3. The molecule has 1 aliphatic heterocycles. The zero-order valence-electron chi connectivity index (χ0n) is 13.4. The van der Waals surface area contributed by atoms with Crippen molar-refractivity contribution in [1.29, 1.82) is 0 Å². The van der Waals surface area contributed by atoms with Crippen molar-refractivity contribution in [2.24, 2.45) is 17.1 Å². The maximum atomic E-state index is 5.82.